The fourth-order valence-corrected chi connectivity index (χ4v) is 3.07. The highest BCUT2D eigenvalue weighted by Gasteiger charge is 2.17. The molecule has 0 bridgehead atoms. The molecular formula is C15H7Br2ClO2. The summed E-state index contributed by atoms with van der Waals surface area (Å²) in [5.41, 5.74) is 1.10. The number of rotatable bonds is 2. The number of carbonyl (C=O) groups is 1. The first-order valence-corrected chi connectivity index (χ1v) is 7.70. The predicted octanol–water partition coefficient (Wildman–Crippen LogP) is 5.84. The van der Waals surface area contributed by atoms with Crippen LogP contribution in [0.25, 0.3) is 11.0 Å². The van der Waals surface area contributed by atoms with Gasteiger partial charge in [-0.15, -0.1) is 0 Å². The second-order valence-corrected chi connectivity index (χ2v) is 6.48. The number of furan rings is 1. The van der Waals surface area contributed by atoms with Gasteiger partial charge in [-0.3, -0.25) is 4.79 Å². The molecule has 2 aromatic carbocycles. The molecule has 0 unspecified atom stereocenters. The Kier molecular flexibility index (Phi) is 3.71. The zero-order chi connectivity index (χ0) is 14.3. The number of fused-ring (bicyclic) bond motifs is 1. The van der Waals surface area contributed by atoms with Gasteiger partial charge in [0.15, 0.2) is 5.76 Å². The minimum absolute atomic E-state index is 0.227. The number of halogens is 3. The van der Waals surface area contributed by atoms with Crippen LogP contribution in [0.5, 0.6) is 0 Å². The predicted molar refractivity (Wildman–Crippen MR) is 86.5 cm³/mol. The highest BCUT2D eigenvalue weighted by molar-refractivity contribution is 9.10. The zero-order valence-electron chi connectivity index (χ0n) is 9.99. The molecule has 3 rings (SSSR count). The van der Waals surface area contributed by atoms with Gasteiger partial charge < -0.3 is 4.42 Å². The Morgan fingerprint density at radius 3 is 2.45 bits per heavy atom. The molecule has 5 heteroatoms. The molecule has 1 heterocycles. The lowest BCUT2D eigenvalue weighted by Crippen LogP contribution is -2.00. The van der Waals surface area contributed by atoms with Gasteiger partial charge in [0.25, 0.3) is 0 Å². The highest BCUT2D eigenvalue weighted by Crippen LogP contribution is 2.28. The van der Waals surface area contributed by atoms with Crippen LogP contribution in [0.3, 0.4) is 0 Å². The summed E-state index contributed by atoms with van der Waals surface area (Å²) in [5, 5.41) is 1.27. The van der Waals surface area contributed by atoms with Gasteiger partial charge in [-0.2, -0.15) is 0 Å². The van der Waals surface area contributed by atoms with Crippen molar-refractivity contribution in [3.05, 3.63) is 67.8 Å². The number of ketones is 1. The molecule has 0 N–H and O–H groups in total. The van der Waals surface area contributed by atoms with Crippen molar-refractivity contribution in [2.24, 2.45) is 0 Å². The summed E-state index contributed by atoms with van der Waals surface area (Å²) in [4.78, 5) is 12.4. The lowest BCUT2D eigenvalue weighted by molar-refractivity contribution is 0.101. The third-order valence-corrected chi connectivity index (χ3v) is 4.18. The zero-order valence-corrected chi connectivity index (χ0v) is 13.9. The Morgan fingerprint density at radius 1 is 1.00 bits per heavy atom. The van der Waals surface area contributed by atoms with Crippen LogP contribution in [0.4, 0.5) is 0 Å². The molecule has 0 fully saturated rings. The maximum atomic E-state index is 12.4. The van der Waals surface area contributed by atoms with Crippen LogP contribution in [-0.4, -0.2) is 5.78 Å². The van der Waals surface area contributed by atoms with E-state index in [0.717, 1.165) is 14.3 Å². The standard InChI is InChI=1S/C15H7Br2ClO2/c16-9-2-4-13-8(5-9)6-14(20-13)15(19)11-3-1-10(17)7-12(11)18/h1-7H. The van der Waals surface area contributed by atoms with E-state index < -0.39 is 0 Å². The van der Waals surface area contributed by atoms with Crippen LogP contribution in [0, 0.1) is 0 Å². The van der Waals surface area contributed by atoms with Gasteiger partial charge in [0.05, 0.1) is 5.02 Å². The highest BCUT2D eigenvalue weighted by atomic mass is 79.9. The molecule has 0 spiro atoms. The van der Waals surface area contributed by atoms with E-state index in [4.69, 9.17) is 16.0 Å². The second-order valence-electron chi connectivity index (χ2n) is 4.25. The lowest BCUT2D eigenvalue weighted by atomic mass is 10.1. The molecule has 1 aromatic heterocycles. The molecule has 100 valence electrons. The van der Waals surface area contributed by atoms with Crippen molar-refractivity contribution in [1.82, 2.24) is 0 Å². The van der Waals surface area contributed by atoms with Crippen LogP contribution >= 0.6 is 43.5 Å². The Labute approximate surface area is 137 Å². The van der Waals surface area contributed by atoms with Gasteiger partial charge in [0.2, 0.25) is 5.78 Å². The molecule has 0 aliphatic heterocycles. The first kappa shape index (κ1) is 13.9. The summed E-state index contributed by atoms with van der Waals surface area (Å²) in [6.45, 7) is 0. The summed E-state index contributed by atoms with van der Waals surface area (Å²) in [5.74, 6) is 0.0529. The van der Waals surface area contributed by atoms with Gasteiger partial charge >= 0.3 is 0 Å². The first-order chi connectivity index (χ1) is 9.54. The van der Waals surface area contributed by atoms with E-state index in [-0.39, 0.29) is 11.5 Å². The Morgan fingerprint density at radius 2 is 1.70 bits per heavy atom. The van der Waals surface area contributed by atoms with Crippen LogP contribution in [0.15, 0.2) is 55.8 Å². The fourth-order valence-electron chi connectivity index (χ4n) is 1.93. The minimum Gasteiger partial charge on any atom is -0.453 e. The molecule has 0 saturated heterocycles. The molecular weight excluding hydrogens is 407 g/mol. The van der Waals surface area contributed by atoms with Gasteiger partial charge in [-0.25, -0.2) is 0 Å². The lowest BCUT2D eigenvalue weighted by Gasteiger charge is -2.01. The van der Waals surface area contributed by atoms with Gasteiger partial charge in [-0.05, 0) is 42.5 Å². The van der Waals surface area contributed by atoms with E-state index in [0.29, 0.717) is 16.2 Å². The third-order valence-electron chi connectivity index (χ3n) is 2.88. The molecule has 0 radical (unpaired) electrons. The molecule has 2 nitrogen and oxygen atoms in total. The number of hydrogen-bond donors (Lipinski definition) is 0. The van der Waals surface area contributed by atoms with Crippen molar-refractivity contribution in [3.63, 3.8) is 0 Å². The number of benzene rings is 2. The largest absolute Gasteiger partial charge is 0.453 e. The van der Waals surface area contributed by atoms with Crippen LogP contribution < -0.4 is 0 Å². The Bertz CT molecular complexity index is 824. The average Bonchev–Trinajstić information content (AvgIpc) is 2.81. The first-order valence-electron chi connectivity index (χ1n) is 5.73. The summed E-state index contributed by atoms with van der Waals surface area (Å²) >= 11 is 12.8. The normalized spacial score (nSPS) is 10.9. The summed E-state index contributed by atoms with van der Waals surface area (Å²) in [6, 6.07) is 12.5. The van der Waals surface area contributed by atoms with Gasteiger partial charge in [-0.1, -0.05) is 43.5 Å². The van der Waals surface area contributed by atoms with Crippen molar-refractivity contribution in [3.8, 4) is 0 Å². The maximum absolute atomic E-state index is 12.4. The van der Waals surface area contributed by atoms with Gasteiger partial charge in [0, 0.05) is 19.9 Å². The van der Waals surface area contributed by atoms with Crippen LogP contribution in [-0.2, 0) is 0 Å². The van der Waals surface area contributed by atoms with E-state index >= 15 is 0 Å². The van der Waals surface area contributed by atoms with Crippen molar-refractivity contribution in [1.29, 1.82) is 0 Å². The molecule has 0 amide bonds. The van der Waals surface area contributed by atoms with E-state index in [2.05, 4.69) is 31.9 Å². The summed E-state index contributed by atoms with van der Waals surface area (Å²) in [6.07, 6.45) is 0. The van der Waals surface area contributed by atoms with Crippen molar-refractivity contribution in [2.45, 2.75) is 0 Å². The van der Waals surface area contributed by atoms with Crippen LogP contribution in [0.1, 0.15) is 16.1 Å². The van der Waals surface area contributed by atoms with E-state index in [1.54, 1.807) is 24.3 Å². The molecule has 3 aromatic rings. The number of hydrogen-bond acceptors (Lipinski definition) is 2. The maximum Gasteiger partial charge on any atom is 0.229 e. The van der Waals surface area contributed by atoms with Gasteiger partial charge in [0.1, 0.15) is 5.58 Å². The summed E-state index contributed by atoms with van der Waals surface area (Å²) in [7, 11) is 0. The molecule has 0 aliphatic carbocycles. The number of carbonyl (C=O) groups excluding carboxylic acids is 1. The topological polar surface area (TPSA) is 30.2 Å². The SMILES string of the molecule is O=C(c1cc2cc(Br)ccc2o1)c1ccc(Br)cc1Cl. The third kappa shape index (κ3) is 2.55. The minimum atomic E-state index is -0.227. The smallest absolute Gasteiger partial charge is 0.229 e. The van der Waals surface area contributed by atoms with E-state index in [9.17, 15) is 4.79 Å². The summed E-state index contributed by atoms with van der Waals surface area (Å²) < 4.78 is 7.35. The second kappa shape index (κ2) is 5.35. The van der Waals surface area contributed by atoms with Crippen LogP contribution in [0.2, 0.25) is 5.02 Å². The average molecular weight is 414 g/mol. The van der Waals surface area contributed by atoms with Crippen molar-refractivity contribution in [2.75, 3.05) is 0 Å². The molecule has 0 atom stereocenters. The van der Waals surface area contributed by atoms with Crippen molar-refractivity contribution >= 4 is 60.2 Å². The monoisotopic (exact) mass is 412 g/mol. The molecule has 0 saturated carbocycles. The Balaban J connectivity index is 2.08. The van der Waals surface area contributed by atoms with Crippen molar-refractivity contribution < 1.29 is 9.21 Å². The molecule has 0 aliphatic rings. The van der Waals surface area contributed by atoms with E-state index in [1.807, 2.05) is 18.2 Å². The molecule has 20 heavy (non-hydrogen) atoms. The Hall–Kier alpha value is -1.10. The van der Waals surface area contributed by atoms with E-state index in [1.165, 1.54) is 0 Å². The fraction of sp³-hybridized carbons (Fsp3) is 0. The quantitative estimate of drug-likeness (QED) is 0.493.